The predicted molar refractivity (Wildman–Crippen MR) is 393 cm³/mol. The lowest BCUT2D eigenvalue weighted by Gasteiger charge is -2.20. The van der Waals surface area contributed by atoms with Crippen molar-refractivity contribution < 1.29 is 24.5 Å². The van der Waals surface area contributed by atoms with Crippen molar-refractivity contribution in [3.05, 3.63) is 24.3 Å². The number of esters is 1. The molecular weight excluding hydrogens is 1090 g/mol. The molecule has 0 aromatic rings. The van der Waals surface area contributed by atoms with Crippen LogP contribution in [0.4, 0.5) is 0 Å². The molecule has 1 amide bonds. The molecule has 2 atom stereocenters. The van der Waals surface area contributed by atoms with Gasteiger partial charge in [0.2, 0.25) is 5.91 Å². The van der Waals surface area contributed by atoms with Gasteiger partial charge in [-0.05, 0) is 57.8 Å². The van der Waals surface area contributed by atoms with Gasteiger partial charge in [0, 0.05) is 12.8 Å². The monoisotopic (exact) mass is 1250 g/mol. The Balaban J connectivity index is 3.31. The maximum Gasteiger partial charge on any atom is 0.305 e. The molecule has 0 fully saturated rings. The molecular formula is C83H161NO5. The molecule has 0 aliphatic rings. The molecule has 0 rings (SSSR count). The standard InChI is InChI=1S/C83H161NO5/c1-3-5-7-9-11-13-15-17-19-20-45-49-53-57-61-65-69-73-77-83(88)89-78-74-70-66-62-58-54-50-46-43-41-39-37-35-33-31-29-27-25-23-21-22-24-26-28-30-32-34-36-38-40-42-44-48-52-56-60-64-68-72-76-82(87)84-80(79-85)81(86)75-71-67-63-59-55-51-47-18-16-14-12-10-8-6-4-2/h21-22,71,75,80-81,85-86H,3-20,23-70,72-74,76-79H2,1-2H3,(H,84,87)/b22-21-,75-71+. The molecule has 0 radical (unpaired) electrons. The first kappa shape index (κ1) is 87.3. The number of rotatable bonds is 78. The van der Waals surface area contributed by atoms with E-state index in [1.807, 2.05) is 6.08 Å². The van der Waals surface area contributed by atoms with Gasteiger partial charge in [0.25, 0.3) is 0 Å². The number of aliphatic hydroxyl groups excluding tert-OH is 2. The summed E-state index contributed by atoms with van der Waals surface area (Å²) in [6.45, 7) is 4.96. The Labute approximate surface area is 558 Å². The van der Waals surface area contributed by atoms with E-state index in [1.54, 1.807) is 6.08 Å². The zero-order valence-electron chi connectivity index (χ0n) is 60.7. The number of carbonyl (C=O) groups is 2. The number of carbonyl (C=O) groups excluding carboxylic acids is 2. The second kappa shape index (κ2) is 78.8. The third kappa shape index (κ3) is 75.3. The van der Waals surface area contributed by atoms with E-state index in [0.29, 0.717) is 19.4 Å². The minimum Gasteiger partial charge on any atom is -0.466 e. The lowest BCUT2D eigenvalue weighted by atomic mass is 10.0. The summed E-state index contributed by atoms with van der Waals surface area (Å²) >= 11 is 0. The molecule has 0 saturated heterocycles. The van der Waals surface area contributed by atoms with Crippen LogP contribution in [0.25, 0.3) is 0 Å². The minimum atomic E-state index is -0.841. The van der Waals surface area contributed by atoms with E-state index in [4.69, 9.17) is 4.74 Å². The number of hydrogen-bond acceptors (Lipinski definition) is 5. The van der Waals surface area contributed by atoms with Crippen LogP contribution in [0.15, 0.2) is 24.3 Å². The maximum absolute atomic E-state index is 12.5. The molecule has 6 nitrogen and oxygen atoms in total. The molecule has 0 aromatic heterocycles. The van der Waals surface area contributed by atoms with Crippen molar-refractivity contribution in [2.24, 2.45) is 0 Å². The second-order valence-corrected chi connectivity index (χ2v) is 28.5. The van der Waals surface area contributed by atoms with E-state index in [1.165, 1.54) is 405 Å². The highest BCUT2D eigenvalue weighted by Crippen LogP contribution is 2.20. The van der Waals surface area contributed by atoms with Crippen molar-refractivity contribution in [1.82, 2.24) is 5.32 Å². The molecule has 0 aliphatic heterocycles. The molecule has 0 heterocycles. The topological polar surface area (TPSA) is 95.9 Å². The molecule has 0 bridgehead atoms. The van der Waals surface area contributed by atoms with E-state index < -0.39 is 12.1 Å². The summed E-state index contributed by atoms with van der Waals surface area (Å²) in [6, 6.07) is -0.624. The van der Waals surface area contributed by atoms with Crippen LogP contribution in [0, 0.1) is 0 Å². The van der Waals surface area contributed by atoms with Gasteiger partial charge in [0.1, 0.15) is 0 Å². The van der Waals surface area contributed by atoms with Gasteiger partial charge >= 0.3 is 5.97 Å². The van der Waals surface area contributed by atoms with E-state index in [0.717, 1.165) is 38.5 Å². The van der Waals surface area contributed by atoms with E-state index >= 15 is 0 Å². The zero-order chi connectivity index (χ0) is 64.2. The molecule has 89 heavy (non-hydrogen) atoms. The minimum absolute atomic E-state index is 0.0277. The maximum atomic E-state index is 12.5. The van der Waals surface area contributed by atoms with Crippen molar-refractivity contribution >= 4 is 11.9 Å². The molecule has 0 aliphatic carbocycles. The smallest absolute Gasteiger partial charge is 0.305 e. The Morgan fingerprint density at radius 3 is 0.798 bits per heavy atom. The fourth-order valence-electron chi connectivity index (χ4n) is 13.2. The van der Waals surface area contributed by atoms with Gasteiger partial charge in [-0.2, -0.15) is 0 Å². The number of amides is 1. The van der Waals surface area contributed by atoms with Gasteiger partial charge in [0.05, 0.1) is 25.4 Å². The molecule has 528 valence electrons. The summed E-state index contributed by atoms with van der Waals surface area (Å²) in [5, 5.41) is 23.2. The van der Waals surface area contributed by atoms with Crippen molar-refractivity contribution in [3.63, 3.8) is 0 Å². The van der Waals surface area contributed by atoms with Crippen LogP contribution < -0.4 is 5.32 Å². The van der Waals surface area contributed by atoms with Gasteiger partial charge in [-0.15, -0.1) is 0 Å². The van der Waals surface area contributed by atoms with Gasteiger partial charge in [-0.1, -0.05) is 423 Å². The van der Waals surface area contributed by atoms with Crippen LogP contribution in [0.5, 0.6) is 0 Å². The Bertz CT molecular complexity index is 1400. The van der Waals surface area contributed by atoms with E-state index in [9.17, 15) is 19.8 Å². The SMILES string of the molecule is CCCCCCCCCCCCCCC/C=C/C(O)C(CO)NC(=O)CCCCCCCCCCCCCCCCCCC/C=C\CCCCCCCCCCCCCCCCCCCCOC(=O)CCCCCCCCCCCCCCCCCCCC. The summed E-state index contributed by atoms with van der Waals surface area (Å²) < 4.78 is 5.52. The first-order valence-electron chi connectivity index (χ1n) is 41.1. The van der Waals surface area contributed by atoms with Crippen LogP contribution in [-0.2, 0) is 14.3 Å². The van der Waals surface area contributed by atoms with Crippen LogP contribution in [-0.4, -0.2) is 47.4 Å². The van der Waals surface area contributed by atoms with E-state index in [2.05, 4.69) is 31.3 Å². The first-order valence-corrected chi connectivity index (χ1v) is 41.1. The number of aliphatic hydroxyl groups is 2. The Morgan fingerprint density at radius 2 is 0.528 bits per heavy atom. The van der Waals surface area contributed by atoms with Crippen molar-refractivity contribution in [1.29, 1.82) is 0 Å². The van der Waals surface area contributed by atoms with Gasteiger partial charge in [0.15, 0.2) is 0 Å². The normalized spacial score (nSPS) is 12.5. The number of hydrogen-bond donors (Lipinski definition) is 3. The average molecular weight is 1250 g/mol. The van der Waals surface area contributed by atoms with Crippen molar-refractivity contribution in [2.45, 2.75) is 482 Å². The quantitative estimate of drug-likeness (QED) is 0.0320. The van der Waals surface area contributed by atoms with Crippen LogP contribution in [0.2, 0.25) is 0 Å². The molecule has 3 N–H and O–H groups in total. The average Bonchev–Trinajstić information content (AvgIpc) is 3.56. The Hall–Kier alpha value is -1.66. The Morgan fingerprint density at radius 1 is 0.303 bits per heavy atom. The number of ether oxygens (including phenoxy) is 1. The molecule has 2 unspecified atom stereocenters. The lowest BCUT2D eigenvalue weighted by Crippen LogP contribution is -2.45. The van der Waals surface area contributed by atoms with Crippen molar-refractivity contribution in [2.75, 3.05) is 13.2 Å². The lowest BCUT2D eigenvalue weighted by molar-refractivity contribution is -0.143. The molecule has 6 heteroatoms. The molecule has 0 spiro atoms. The van der Waals surface area contributed by atoms with E-state index in [-0.39, 0.29) is 18.5 Å². The zero-order valence-corrected chi connectivity index (χ0v) is 60.7. The third-order valence-electron chi connectivity index (χ3n) is 19.5. The largest absolute Gasteiger partial charge is 0.466 e. The summed E-state index contributed by atoms with van der Waals surface area (Å²) in [4.78, 5) is 24.6. The highest BCUT2D eigenvalue weighted by molar-refractivity contribution is 5.76. The number of nitrogens with one attached hydrogen (secondary N) is 1. The van der Waals surface area contributed by atoms with Crippen LogP contribution in [0.1, 0.15) is 470 Å². The Kier molecular flexibility index (Phi) is 77.3. The predicted octanol–water partition coefficient (Wildman–Crippen LogP) is 27.2. The number of unbranched alkanes of at least 4 members (excludes halogenated alkanes) is 65. The summed E-state index contributed by atoms with van der Waals surface area (Å²) in [6.07, 6.45) is 102. The van der Waals surface area contributed by atoms with Gasteiger partial charge in [-0.3, -0.25) is 9.59 Å². The summed E-state index contributed by atoms with van der Waals surface area (Å²) in [5.74, 6) is -0.0327. The molecule has 0 aromatic carbocycles. The fourth-order valence-corrected chi connectivity index (χ4v) is 13.2. The summed E-state index contributed by atoms with van der Waals surface area (Å²) in [7, 11) is 0. The first-order chi connectivity index (χ1) is 44.0. The molecule has 0 saturated carbocycles. The highest BCUT2D eigenvalue weighted by atomic mass is 16.5. The second-order valence-electron chi connectivity index (χ2n) is 28.5. The van der Waals surface area contributed by atoms with Crippen LogP contribution >= 0.6 is 0 Å². The van der Waals surface area contributed by atoms with Gasteiger partial charge in [-0.25, -0.2) is 0 Å². The fraction of sp³-hybridized carbons (Fsp3) is 0.928. The number of allylic oxidation sites excluding steroid dienone is 3. The van der Waals surface area contributed by atoms with Crippen molar-refractivity contribution in [3.8, 4) is 0 Å². The highest BCUT2D eigenvalue weighted by Gasteiger charge is 2.18. The van der Waals surface area contributed by atoms with Gasteiger partial charge < -0.3 is 20.3 Å². The van der Waals surface area contributed by atoms with Crippen LogP contribution in [0.3, 0.4) is 0 Å². The summed E-state index contributed by atoms with van der Waals surface area (Å²) in [5.41, 5.74) is 0. The third-order valence-corrected chi connectivity index (χ3v) is 19.5.